The average Bonchev–Trinajstić information content (AvgIpc) is 3.41. The minimum Gasteiger partial charge on any atom is -0.339 e. The van der Waals surface area contributed by atoms with Crippen molar-refractivity contribution < 1.29 is 0 Å². The Labute approximate surface area is 314 Å². The van der Waals surface area contributed by atoms with Crippen LogP contribution in [0.4, 0.5) is 17.1 Å². The minimum atomic E-state index is 0.0394. The molecule has 262 valence electrons. The number of hydrogen-bond donors (Lipinski definition) is 0. The summed E-state index contributed by atoms with van der Waals surface area (Å²) in [6.45, 7) is 9.64. The van der Waals surface area contributed by atoms with Gasteiger partial charge in [0.15, 0.2) is 0 Å². The Hall–Kier alpha value is -5.34. The van der Waals surface area contributed by atoms with Crippen molar-refractivity contribution in [2.75, 3.05) is 9.80 Å². The van der Waals surface area contributed by atoms with Gasteiger partial charge in [-0.1, -0.05) is 123 Å². The fourth-order valence-electron chi connectivity index (χ4n) is 10.2. The van der Waals surface area contributed by atoms with Crippen molar-refractivity contribution in [1.82, 2.24) is 0 Å². The highest BCUT2D eigenvalue weighted by molar-refractivity contribution is 6.09. The first-order valence-corrected chi connectivity index (χ1v) is 19.8. The highest BCUT2D eigenvalue weighted by Gasteiger charge is 2.46. The molecule has 2 aliphatic carbocycles. The van der Waals surface area contributed by atoms with Crippen LogP contribution in [-0.4, -0.2) is 12.1 Å². The van der Waals surface area contributed by atoms with Crippen molar-refractivity contribution in [2.24, 2.45) is 5.92 Å². The molecular formula is C51H48N2. The molecule has 0 N–H and O–H groups in total. The average molecular weight is 689 g/mol. The van der Waals surface area contributed by atoms with E-state index >= 15 is 0 Å². The maximum Gasteiger partial charge on any atom is 0.0445 e. The predicted molar refractivity (Wildman–Crippen MR) is 226 cm³/mol. The summed E-state index contributed by atoms with van der Waals surface area (Å²) in [4.78, 5) is 5.13. The lowest BCUT2D eigenvalue weighted by Crippen LogP contribution is -2.38. The van der Waals surface area contributed by atoms with Crippen molar-refractivity contribution >= 4 is 50.8 Å². The molecule has 0 fully saturated rings. The maximum absolute atomic E-state index is 2.59. The summed E-state index contributed by atoms with van der Waals surface area (Å²) >= 11 is 0. The zero-order valence-corrected chi connectivity index (χ0v) is 31.4. The molecule has 6 aromatic rings. The van der Waals surface area contributed by atoms with E-state index in [4.69, 9.17) is 0 Å². The second-order valence-electron chi connectivity index (χ2n) is 16.6. The third kappa shape index (κ3) is 5.29. The fourth-order valence-corrected chi connectivity index (χ4v) is 10.2. The van der Waals surface area contributed by atoms with Crippen LogP contribution in [0, 0.1) is 5.92 Å². The first kappa shape index (κ1) is 32.3. The summed E-state index contributed by atoms with van der Waals surface area (Å²) < 4.78 is 0. The lowest BCUT2D eigenvalue weighted by Gasteiger charge is -2.40. The molecule has 4 aliphatic rings. The second kappa shape index (κ2) is 12.4. The molecule has 0 amide bonds. The van der Waals surface area contributed by atoms with E-state index in [1.807, 2.05) is 0 Å². The van der Waals surface area contributed by atoms with Crippen LogP contribution in [0.2, 0.25) is 0 Å². The summed E-state index contributed by atoms with van der Waals surface area (Å²) in [7, 11) is 0. The van der Waals surface area contributed by atoms with Crippen molar-refractivity contribution in [3.63, 3.8) is 0 Å². The molecule has 6 aromatic carbocycles. The second-order valence-corrected chi connectivity index (χ2v) is 16.6. The van der Waals surface area contributed by atoms with Gasteiger partial charge in [-0.15, -0.1) is 0 Å². The molecule has 10 rings (SSSR count). The van der Waals surface area contributed by atoms with Gasteiger partial charge in [-0.2, -0.15) is 0 Å². The molecule has 2 heterocycles. The zero-order chi connectivity index (χ0) is 35.8. The molecule has 0 aromatic heterocycles. The molecule has 0 bridgehead atoms. The van der Waals surface area contributed by atoms with Gasteiger partial charge in [0.2, 0.25) is 0 Å². The minimum absolute atomic E-state index is 0.0394. The first-order chi connectivity index (χ1) is 25.8. The van der Waals surface area contributed by atoms with E-state index in [1.54, 1.807) is 0 Å². The molecule has 0 saturated carbocycles. The Bertz CT molecular complexity index is 2510. The topological polar surface area (TPSA) is 6.48 Å². The van der Waals surface area contributed by atoms with Crippen LogP contribution >= 0.6 is 0 Å². The number of anilines is 3. The fraction of sp³-hybridized carbons (Fsp3) is 0.255. The van der Waals surface area contributed by atoms with Crippen LogP contribution in [0.3, 0.4) is 0 Å². The third-order valence-electron chi connectivity index (χ3n) is 13.1. The normalized spacial score (nSPS) is 22.8. The van der Waals surface area contributed by atoms with Gasteiger partial charge in [0.1, 0.15) is 0 Å². The number of hydrogen-bond acceptors (Lipinski definition) is 2. The number of para-hydroxylation sites is 2. The number of nitrogens with zero attached hydrogens (tertiary/aromatic N) is 2. The van der Waals surface area contributed by atoms with Gasteiger partial charge >= 0.3 is 0 Å². The summed E-state index contributed by atoms with van der Waals surface area (Å²) in [5.74, 6) is 0.853. The molecule has 2 nitrogen and oxygen atoms in total. The number of rotatable bonds is 4. The standard InChI is InChI=1S/C51H48N2/c1-33-13-19-37-9-5-7-11-49(37)52(33)41-23-27-44-40(31-41)22-21-39-29-35(17-25-43(39)44)15-16-36-18-26-45-46-28-24-42(32-48(46)51(3,4)47(45)30-36)53-34(2)14-20-38-10-6-8-12-50(38)53/h5-12,15-18,21-34,46,48H,13-14,19-20H2,1-4H3/b16-15+. The van der Waals surface area contributed by atoms with Crippen molar-refractivity contribution in [3.05, 3.63) is 173 Å². The monoisotopic (exact) mass is 688 g/mol. The summed E-state index contributed by atoms with van der Waals surface area (Å²) in [5.41, 5.74) is 13.8. The predicted octanol–water partition coefficient (Wildman–Crippen LogP) is 12.9. The van der Waals surface area contributed by atoms with Crippen LogP contribution < -0.4 is 9.80 Å². The van der Waals surface area contributed by atoms with Gasteiger partial charge in [0.05, 0.1) is 0 Å². The summed E-state index contributed by atoms with van der Waals surface area (Å²) in [6.07, 6.45) is 16.7. The Kier molecular flexibility index (Phi) is 7.55. The number of aryl methyl sites for hydroxylation is 2. The largest absolute Gasteiger partial charge is 0.339 e. The van der Waals surface area contributed by atoms with Gasteiger partial charge in [-0.3, -0.25) is 0 Å². The van der Waals surface area contributed by atoms with Crippen molar-refractivity contribution in [3.8, 4) is 0 Å². The summed E-state index contributed by atoms with van der Waals surface area (Å²) in [5, 5.41) is 5.19. The van der Waals surface area contributed by atoms with E-state index in [0.29, 0.717) is 23.9 Å². The molecule has 53 heavy (non-hydrogen) atoms. The highest BCUT2D eigenvalue weighted by atomic mass is 15.2. The quantitative estimate of drug-likeness (QED) is 0.134. The number of fused-ring (bicyclic) bond motifs is 8. The van der Waals surface area contributed by atoms with Crippen LogP contribution in [0.25, 0.3) is 33.7 Å². The SMILES string of the molecule is CC1CCc2ccccc2N1C1=CC2C(C=C1)c1ccc(/C=C/c3ccc4c(ccc5cc(N6c7ccccc7CCC6C)ccc54)c3)cc1C2(C)C. The van der Waals surface area contributed by atoms with Gasteiger partial charge in [0, 0.05) is 40.8 Å². The number of benzene rings is 6. The number of allylic oxidation sites excluding steroid dienone is 3. The van der Waals surface area contributed by atoms with Crippen LogP contribution in [0.1, 0.15) is 79.8 Å². The van der Waals surface area contributed by atoms with Crippen LogP contribution in [-0.2, 0) is 18.3 Å². The van der Waals surface area contributed by atoms with E-state index in [9.17, 15) is 0 Å². The smallest absolute Gasteiger partial charge is 0.0445 e. The molecular weight excluding hydrogens is 641 g/mol. The van der Waals surface area contributed by atoms with Gasteiger partial charge < -0.3 is 9.80 Å². The van der Waals surface area contributed by atoms with Crippen LogP contribution in [0.5, 0.6) is 0 Å². The first-order valence-electron chi connectivity index (χ1n) is 19.8. The van der Waals surface area contributed by atoms with Crippen molar-refractivity contribution in [2.45, 2.75) is 76.8 Å². The maximum atomic E-state index is 2.59. The lowest BCUT2D eigenvalue weighted by molar-refractivity contribution is 0.390. The van der Waals surface area contributed by atoms with E-state index in [-0.39, 0.29) is 5.41 Å². The molecule has 0 saturated heterocycles. The summed E-state index contributed by atoms with van der Waals surface area (Å²) in [6, 6.07) is 44.6. The molecule has 2 aliphatic heterocycles. The molecule has 0 radical (unpaired) electrons. The van der Waals surface area contributed by atoms with Gasteiger partial charge in [-0.25, -0.2) is 0 Å². The van der Waals surface area contributed by atoms with Crippen LogP contribution in [0.15, 0.2) is 139 Å². The Balaban J connectivity index is 0.914. The Morgan fingerprint density at radius 2 is 1.23 bits per heavy atom. The zero-order valence-electron chi connectivity index (χ0n) is 31.4. The molecule has 2 heteroatoms. The highest BCUT2D eigenvalue weighted by Crippen LogP contribution is 2.54. The van der Waals surface area contributed by atoms with E-state index in [2.05, 4.69) is 183 Å². The van der Waals surface area contributed by atoms with Gasteiger partial charge in [-0.05, 0) is 142 Å². The van der Waals surface area contributed by atoms with E-state index in [1.165, 1.54) is 90.5 Å². The van der Waals surface area contributed by atoms with Crippen molar-refractivity contribution in [1.29, 1.82) is 0 Å². The van der Waals surface area contributed by atoms with E-state index < -0.39 is 0 Å². The Morgan fingerprint density at radius 1 is 0.623 bits per heavy atom. The molecule has 4 atom stereocenters. The van der Waals surface area contributed by atoms with Gasteiger partial charge in [0.25, 0.3) is 0 Å². The molecule has 0 spiro atoms. The molecule has 4 unspecified atom stereocenters. The third-order valence-corrected chi connectivity index (χ3v) is 13.1. The lowest BCUT2D eigenvalue weighted by atomic mass is 9.73. The van der Waals surface area contributed by atoms with E-state index in [0.717, 1.165) is 12.8 Å². The Morgan fingerprint density at radius 3 is 1.96 bits per heavy atom.